The topological polar surface area (TPSA) is 107 Å². The Morgan fingerprint density at radius 3 is 2.40 bits per heavy atom. The van der Waals surface area contributed by atoms with E-state index in [1.54, 1.807) is 56.5 Å². The number of nitrogens with zero attached hydrogens (tertiary/aromatic N) is 1. The van der Waals surface area contributed by atoms with Crippen LogP contribution in [0, 0.1) is 11.3 Å². The second kappa shape index (κ2) is 11.1. The quantitative estimate of drug-likeness (QED) is 0.384. The van der Waals surface area contributed by atoms with Crippen LogP contribution >= 0.6 is 0 Å². The number of ether oxygens (including phenoxy) is 4. The highest BCUT2D eigenvalue weighted by atomic mass is 16.6. The number of methoxy groups -OCH3 is 2. The summed E-state index contributed by atoms with van der Waals surface area (Å²) in [5, 5.41) is 12.1. The molecular weight excluding hydrogens is 388 g/mol. The smallest absolute Gasteiger partial charge is 0.343 e. The summed E-state index contributed by atoms with van der Waals surface area (Å²) in [6.45, 7) is 1.90. The Morgan fingerprint density at radius 1 is 1.07 bits per heavy atom. The van der Waals surface area contributed by atoms with Gasteiger partial charge in [0.05, 0.1) is 20.8 Å². The number of nitrogens with one attached hydrogen (secondary N) is 1. The second-order valence-electron chi connectivity index (χ2n) is 5.86. The third-order valence-electron chi connectivity index (χ3n) is 3.86. The number of carbonyl (C=O) groups is 2. The van der Waals surface area contributed by atoms with Gasteiger partial charge in [-0.25, -0.2) is 4.79 Å². The van der Waals surface area contributed by atoms with E-state index in [-0.39, 0.29) is 12.2 Å². The lowest BCUT2D eigenvalue weighted by Crippen LogP contribution is -2.13. The van der Waals surface area contributed by atoms with Gasteiger partial charge in [0.2, 0.25) is 0 Å². The maximum atomic E-state index is 12.5. The summed E-state index contributed by atoms with van der Waals surface area (Å²) in [6.07, 6.45) is 1.44. The Morgan fingerprint density at radius 2 is 1.80 bits per heavy atom. The molecule has 2 aromatic rings. The van der Waals surface area contributed by atoms with E-state index in [1.807, 2.05) is 6.07 Å². The molecule has 0 saturated carbocycles. The van der Waals surface area contributed by atoms with E-state index < -0.39 is 11.9 Å². The molecule has 0 bridgehead atoms. The molecule has 0 unspecified atom stereocenters. The Labute approximate surface area is 174 Å². The van der Waals surface area contributed by atoms with Gasteiger partial charge in [-0.05, 0) is 55.0 Å². The molecule has 2 aromatic carbocycles. The fourth-order valence-corrected chi connectivity index (χ4v) is 2.39. The molecule has 8 heteroatoms. The van der Waals surface area contributed by atoms with Crippen LogP contribution in [0.1, 0.15) is 12.5 Å². The third kappa shape index (κ3) is 6.27. The van der Waals surface area contributed by atoms with Crippen LogP contribution in [0.2, 0.25) is 0 Å². The average molecular weight is 410 g/mol. The SMILES string of the molecule is CCOc1cc(/C=C(/C#N)C(=O)Nc2ccc(OC)cc2)ccc1OCC(=O)OC. The lowest BCUT2D eigenvalue weighted by Gasteiger charge is -2.12. The van der Waals surface area contributed by atoms with Crippen molar-refractivity contribution in [3.63, 3.8) is 0 Å². The van der Waals surface area contributed by atoms with Crippen molar-refractivity contribution in [3.05, 3.63) is 53.6 Å². The number of rotatable bonds is 9. The molecule has 0 aliphatic carbocycles. The number of anilines is 1. The largest absolute Gasteiger partial charge is 0.497 e. The Hall–Kier alpha value is -3.99. The van der Waals surface area contributed by atoms with Gasteiger partial charge in [-0.15, -0.1) is 0 Å². The molecule has 8 nitrogen and oxygen atoms in total. The van der Waals surface area contributed by atoms with Crippen molar-refractivity contribution in [2.24, 2.45) is 0 Å². The van der Waals surface area contributed by atoms with Gasteiger partial charge < -0.3 is 24.3 Å². The highest BCUT2D eigenvalue weighted by Crippen LogP contribution is 2.29. The molecule has 0 atom stereocenters. The van der Waals surface area contributed by atoms with Crippen LogP contribution in [0.15, 0.2) is 48.0 Å². The van der Waals surface area contributed by atoms with E-state index in [4.69, 9.17) is 14.2 Å². The first-order valence-electron chi connectivity index (χ1n) is 9.04. The Bertz CT molecular complexity index is 961. The molecular formula is C22H22N2O6. The molecule has 1 N–H and O–H groups in total. The van der Waals surface area contributed by atoms with Crippen molar-refractivity contribution < 1.29 is 28.5 Å². The lowest BCUT2D eigenvalue weighted by molar-refractivity contribution is -0.142. The highest BCUT2D eigenvalue weighted by molar-refractivity contribution is 6.09. The molecule has 0 radical (unpaired) electrons. The van der Waals surface area contributed by atoms with Crippen molar-refractivity contribution >= 4 is 23.6 Å². The molecule has 0 heterocycles. The summed E-state index contributed by atoms with van der Waals surface area (Å²) in [4.78, 5) is 23.7. The van der Waals surface area contributed by atoms with Gasteiger partial charge in [0.15, 0.2) is 18.1 Å². The average Bonchev–Trinajstić information content (AvgIpc) is 2.77. The lowest BCUT2D eigenvalue weighted by atomic mass is 10.1. The van der Waals surface area contributed by atoms with Gasteiger partial charge in [-0.2, -0.15) is 5.26 Å². The van der Waals surface area contributed by atoms with E-state index in [0.717, 1.165) is 0 Å². The summed E-state index contributed by atoms with van der Waals surface area (Å²) in [6, 6.07) is 13.5. The monoisotopic (exact) mass is 410 g/mol. The number of hydrogen-bond acceptors (Lipinski definition) is 7. The molecule has 2 rings (SSSR count). The Kier molecular flexibility index (Phi) is 8.27. The summed E-state index contributed by atoms with van der Waals surface area (Å²) >= 11 is 0. The standard InChI is InChI=1S/C22H22N2O6/c1-4-29-20-12-15(5-10-19(20)30-14-21(25)28-3)11-16(13-23)22(26)24-17-6-8-18(27-2)9-7-17/h5-12H,4,14H2,1-3H3,(H,24,26)/b16-11-. The normalized spacial score (nSPS) is 10.5. The third-order valence-corrected chi connectivity index (χ3v) is 3.86. The maximum Gasteiger partial charge on any atom is 0.343 e. The van der Waals surface area contributed by atoms with Crippen molar-refractivity contribution in [3.8, 4) is 23.3 Å². The van der Waals surface area contributed by atoms with Gasteiger partial charge in [0.1, 0.15) is 17.4 Å². The zero-order valence-electron chi connectivity index (χ0n) is 16.9. The van der Waals surface area contributed by atoms with E-state index in [9.17, 15) is 14.9 Å². The molecule has 0 aliphatic rings. The van der Waals surface area contributed by atoms with Crippen LogP contribution in [0.4, 0.5) is 5.69 Å². The predicted octanol–water partition coefficient (Wildman–Crippen LogP) is 3.19. The van der Waals surface area contributed by atoms with Crippen molar-refractivity contribution in [2.45, 2.75) is 6.92 Å². The van der Waals surface area contributed by atoms with Crippen LogP contribution in [0.3, 0.4) is 0 Å². The van der Waals surface area contributed by atoms with Crippen LogP contribution in [0.25, 0.3) is 6.08 Å². The maximum absolute atomic E-state index is 12.5. The minimum absolute atomic E-state index is 0.0866. The van der Waals surface area contributed by atoms with Gasteiger partial charge in [0, 0.05) is 5.69 Å². The minimum atomic E-state index is -0.549. The number of benzene rings is 2. The van der Waals surface area contributed by atoms with E-state index >= 15 is 0 Å². The molecule has 0 spiro atoms. The molecule has 0 saturated heterocycles. The van der Waals surface area contributed by atoms with Crippen LogP contribution < -0.4 is 19.5 Å². The minimum Gasteiger partial charge on any atom is -0.497 e. The number of nitriles is 1. The predicted molar refractivity (Wildman–Crippen MR) is 110 cm³/mol. The van der Waals surface area contributed by atoms with Crippen LogP contribution in [0.5, 0.6) is 17.2 Å². The zero-order valence-corrected chi connectivity index (χ0v) is 16.9. The Balaban J connectivity index is 2.20. The van der Waals surface area contributed by atoms with Gasteiger partial charge >= 0.3 is 5.97 Å². The second-order valence-corrected chi connectivity index (χ2v) is 5.86. The van der Waals surface area contributed by atoms with E-state index in [0.29, 0.717) is 35.1 Å². The molecule has 0 fully saturated rings. The number of carbonyl (C=O) groups excluding carboxylic acids is 2. The van der Waals surface area contributed by atoms with E-state index in [1.165, 1.54) is 13.2 Å². The highest BCUT2D eigenvalue weighted by Gasteiger charge is 2.12. The summed E-state index contributed by atoms with van der Waals surface area (Å²) in [7, 11) is 2.82. The van der Waals surface area contributed by atoms with Crippen LogP contribution in [-0.2, 0) is 14.3 Å². The zero-order chi connectivity index (χ0) is 21.9. The summed E-state index contributed by atoms with van der Waals surface area (Å²) < 4.78 is 20.6. The number of esters is 1. The van der Waals surface area contributed by atoms with E-state index in [2.05, 4.69) is 10.1 Å². The first-order valence-corrected chi connectivity index (χ1v) is 9.04. The van der Waals surface area contributed by atoms with Crippen LogP contribution in [-0.4, -0.2) is 39.3 Å². The fraction of sp³-hybridized carbons (Fsp3) is 0.227. The first kappa shape index (κ1) is 22.3. The molecule has 156 valence electrons. The fourth-order valence-electron chi connectivity index (χ4n) is 2.39. The van der Waals surface area contributed by atoms with Gasteiger partial charge in [-0.3, -0.25) is 4.79 Å². The van der Waals surface area contributed by atoms with Gasteiger partial charge in [0.25, 0.3) is 5.91 Å². The first-order chi connectivity index (χ1) is 14.5. The molecule has 0 aromatic heterocycles. The number of amides is 1. The summed E-state index contributed by atoms with van der Waals surface area (Å²) in [5.41, 5.74) is 1.00. The van der Waals surface area contributed by atoms with Crippen molar-refractivity contribution in [2.75, 3.05) is 32.8 Å². The van der Waals surface area contributed by atoms with Crippen molar-refractivity contribution in [1.29, 1.82) is 5.26 Å². The molecule has 30 heavy (non-hydrogen) atoms. The van der Waals surface area contributed by atoms with Crippen molar-refractivity contribution in [1.82, 2.24) is 0 Å². The molecule has 1 amide bonds. The molecule has 0 aliphatic heterocycles. The summed E-state index contributed by atoms with van der Waals surface area (Å²) in [5.74, 6) is 0.306. The number of hydrogen-bond donors (Lipinski definition) is 1. The van der Waals surface area contributed by atoms with Gasteiger partial charge in [-0.1, -0.05) is 6.07 Å².